The molecule has 0 heterocycles. The Morgan fingerprint density at radius 3 is 2.22 bits per heavy atom. The summed E-state index contributed by atoms with van der Waals surface area (Å²) < 4.78 is 0. The molecule has 0 atom stereocenters. The SMILES string of the molecule is Bc1ccc(C=O)cc1. The van der Waals surface area contributed by atoms with Gasteiger partial charge in [-0.1, -0.05) is 29.7 Å². The molecule has 0 fully saturated rings. The molecular weight excluding hydrogens is 111 g/mol. The Morgan fingerprint density at radius 1 is 1.22 bits per heavy atom. The van der Waals surface area contributed by atoms with Gasteiger partial charge in [-0.15, -0.1) is 0 Å². The topological polar surface area (TPSA) is 17.1 Å². The van der Waals surface area contributed by atoms with Gasteiger partial charge < -0.3 is 0 Å². The predicted octanol–water partition coefficient (Wildman–Crippen LogP) is -0.242. The van der Waals surface area contributed by atoms with Gasteiger partial charge in [0.05, 0.1) is 0 Å². The minimum atomic E-state index is 0.737. The van der Waals surface area contributed by atoms with Gasteiger partial charge in [-0.2, -0.15) is 0 Å². The van der Waals surface area contributed by atoms with Crippen molar-refractivity contribution in [3.8, 4) is 0 Å². The molecule has 0 unspecified atom stereocenters. The van der Waals surface area contributed by atoms with Crippen LogP contribution < -0.4 is 5.46 Å². The third kappa shape index (κ3) is 1.42. The average Bonchev–Trinajstić information content (AvgIpc) is 1.90. The maximum Gasteiger partial charge on any atom is 0.150 e. The lowest BCUT2D eigenvalue weighted by atomic mass is 9.96. The van der Waals surface area contributed by atoms with Crippen molar-refractivity contribution < 1.29 is 4.79 Å². The number of benzene rings is 1. The molecule has 0 N–H and O–H groups in total. The smallest absolute Gasteiger partial charge is 0.150 e. The van der Waals surface area contributed by atoms with E-state index in [9.17, 15) is 4.79 Å². The van der Waals surface area contributed by atoms with Crippen molar-refractivity contribution >= 4 is 19.6 Å². The van der Waals surface area contributed by atoms with E-state index < -0.39 is 0 Å². The van der Waals surface area contributed by atoms with Crippen LogP contribution in [0.1, 0.15) is 10.4 Å². The van der Waals surface area contributed by atoms with Gasteiger partial charge >= 0.3 is 0 Å². The number of carbonyl (C=O) groups excluding carboxylic acids is 1. The fraction of sp³-hybridized carbons (Fsp3) is 0. The number of aldehydes is 1. The Hall–Kier alpha value is -1.05. The van der Waals surface area contributed by atoms with Crippen LogP contribution in [-0.2, 0) is 0 Å². The highest BCUT2D eigenvalue weighted by Crippen LogP contribution is 1.89. The second-order valence-electron chi connectivity index (χ2n) is 2.03. The summed E-state index contributed by atoms with van der Waals surface area (Å²) in [4.78, 5) is 10.1. The fourth-order valence-electron chi connectivity index (χ4n) is 0.645. The molecule has 2 heteroatoms. The van der Waals surface area contributed by atoms with E-state index >= 15 is 0 Å². The van der Waals surface area contributed by atoms with Crippen LogP contribution in [0.5, 0.6) is 0 Å². The van der Waals surface area contributed by atoms with Crippen LogP contribution in [0.15, 0.2) is 24.3 Å². The lowest BCUT2D eigenvalue weighted by molar-refractivity contribution is 0.112. The van der Waals surface area contributed by atoms with Crippen LogP contribution >= 0.6 is 0 Å². The first-order chi connectivity index (χ1) is 4.33. The second kappa shape index (κ2) is 2.49. The third-order valence-corrected chi connectivity index (χ3v) is 1.21. The van der Waals surface area contributed by atoms with E-state index in [0.29, 0.717) is 0 Å². The average molecular weight is 118 g/mol. The second-order valence-corrected chi connectivity index (χ2v) is 2.03. The van der Waals surface area contributed by atoms with Gasteiger partial charge in [-0.05, 0) is 0 Å². The molecule has 44 valence electrons. The van der Waals surface area contributed by atoms with Crippen molar-refractivity contribution in [3.63, 3.8) is 0 Å². The summed E-state index contributed by atoms with van der Waals surface area (Å²) in [5.74, 6) is 0. The van der Waals surface area contributed by atoms with Crippen molar-refractivity contribution in [2.24, 2.45) is 0 Å². The van der Waals surface area contributed by atoms with Crippen LogP contribution in [0.25, 0.3) is 0 Å². The first-order valence-electron chi connectivity index (χ1n) is 2.85. The molecule has 0 saturated heterocycles. The molecule has 0 saturated carbocycles. The summed E-state index contributed by atoms with van der Waals surface area (Å²) in [7, 11) is 1.99. The zero-order valence-electron chi connectivity index (χ0n) is 5.29. The molecule has 0 spiro atoms. The Kier molecular flexibility index (Phi) is 1.68. The monoisotopic (exact) mass is 118 g/mol. The summed E-state index contributed by atoms with van der Waals surface area (Å²) in [5, 5.41) is 0. The highest BCUT2D eigenvalue weighted by atomic mass is 16.1. The van der Waals surface area contributed by atoms with Crippen LogP contribution in [0.3, 0.4) is 0 Å². The van der Waals surface area contributed by atoms with Crippen LogP contribution in [0, 0.1) is 0 Å². The minimum absolute atomic E-state index is 0.737. The summed E-state index contributed by atoms with van der Waals surface area (Å²) >= 11 is 0. The van der Waals surface area contributed by atoms with Crippen molar-refractivity contribution in [1.29, 1.82) is 0 Å². The third-order valence-electron chi connectivity index (χ3n) is 1.21. The molecule has 1 nitrogen and oxygen atoms in total. The Morgan fingerprint density at radius 2 is 1.78 bits per heavy atom. The summed E-state index contributed by atoms with van der Waals surface area (Å²) in [5.41, 5.74) is 1.92. The van der Waals surface area contributed by atoms with Crippen LogP contribution in [-0.4, -0.2) is 14.1 Å². The molecule has 0 bridgehead atoms. The Balaban J connectivity index is 3.01. The Bertz CT molecular complexity index is 203. The first-order valence-corrected chi connectivity index (χ1v) is 2.85. The number of rotatable bonds is 1. The zero-order valence-corrected chi connectivity index (χ0v) is 5.29. The molecule has 0 aliphatic heterocycles. The molecule has 1 aromatic carbocycles. The Labute approximate surface area is 55.1 Å². The highest BCUT2D eigenvalue weighted by Gasteiger charge is 1.85. The molecule has 0 aliphatic carbocycles. The number of hydrogen-bond acceptors (Lipinski definition) is 1. The molecule has 1 rings (SSSR count). The lowest BCUT2D eigenvalue weighted by Gasteiger charge is -1.89. The van der Waals surface area contributed by atoms with Crippen LogP contribution in [0.4, 0.5) is 0 Å². The van der Waals surface area contributed by atoms with E-state index in [2.05, 4.69) is 0 Å². The molecule has 9 heavy (non-hydrogen) atoms. The van der Waals surface area contributed by atoms with E-state index in [0.717, 1.165) is 11.8 Å². The quantitative estimate of drug-likeness (QED) is 0.367. The lowest BCUT2D eigenvalue weighted by Crippen LogP contribution is -1.99. The maximum absolute atomic E-state index is 10.1. The summed E-state index contributed by atoms with van der Waals surface area (Å²) in [6, 6.07) is 7.46. The molecular formula is C7H7BO. The molecule has 0 amide bonds. The van der Waals surface area contributed by atoms with Gasteiger partial charge in [0.25, 0.3) is 0 Å². The first kappa shape index (κ1) is 6.08. The van der Waals surface area contributed by atoms with Gasteiger partial charge in [0.1, 0.15) is 14.1 Å². The van der Waals surface area contributed by atoms with Gasteiger partial charge in [0, 0.05) is 5.56 Å². The molecule has 0 aliphatic rings. The van der Waals surface area contributed by atoms with Gasteiger partial charge in [-0.25, -0.2) is 0 Å². The van der Waals surface area contributed by atoms with Crippen molar-refractivity contribution in [2.75, 3.05) is 0 Å². The molecule has 1 aromatic rings. The highest BCUT2D eigenvalue weighted by molar-refractivity contribution is 6.32. The zero-order chi connectivity index (χ0) is 6.69. The van der Waals surface area contributed by atoms with E-state index in [1.165, 1.54) is 5.46 Å². The predicted molar refractivity (Wildman–Crippen MR) is 40.0 cm³/mol. The van der Waals surface area contributed by atoms with Gasteiger partial charge in [0.15, 0.2) is 0 Å². The van der Waals surface area contributed by atoms with E-state index in [4.69, 9.17) is 0 Å². The largest absolute Gasteiger partial charge is 0.298 e. The van der Waals surface area contributed by atoms with E-state index in [1.54, 1.807) is 0 Å². The molecule has 0 radical (unpaired) electrons. The standard InChI is InChI=1S/C7H7BO/c8-7-3-1-6(5-9)2-4-7/h1-5H,8H2. The van der Waals surface area contributed by atoms with Crippen molar-refractivity contribution in [2.45, 2.75) is 0 Å². The van der Waals surface area contributed by atoms with E-state index in [1.807, 2.05) is 32.1 Å². The molecule has 0 aromatic heterocycles. The van der Waals surface area contributed by atoms with Gasteiger partial charge in [-0.3, -0.25) is 4.79 Å². The van der Waals surface area contributed by atoms with Crippen molar-refractivity contribution in [1.82, 2.24) is 0 Å². The van der Waals surface area contributed by atoms with E-state index in [-0.39, 0.29) is 0 Å². The number of carbonyl (C=O) groups is 1. The van der Waals surface area contributed by atoms with Crippen molar-refractivity contribution in [3.05, 3.63) is 29.8 Å². The summed E-state index contributed by atoms with van der Waals surface area (Å²) in [6.07, 6.45) is 0.847. The fourth-order valence-corrected chi connectivity index (χ4v) is 0.645. The number of hydrogen-bond donors (Lipinski definition) is 0. The minimum Gasteiger partial charge on any atom is -0.298 e. The maximum atomic E-state index is 10.1. The van der Waals surface area contributed by atoms with Gasteiger partial charge in [0.2, 0.25) is 0 Å². The van der Waals surface area contributed by atoms with Crippen LogP contribution in [0.2, 0.25) is 0 Å². The normalized spacial score (nSPS) is 8.89. The summed E-state index contributed by atoms with van der Waals surface area (Å²) in [6.45, 7) is 0.